The lowest BCUT2D eigenvalue weighted by atomic mass is 10.2. The highest BCUT2D eigenvalue weighted by Gasteiger charge is 2.04. The van der Waals surface area contributed by atoms with Gasteiger partial charge in [-0.2, -0.15) is 0 Å². The van der Waals surface area contributed by atoms with Gasteiger partial charge in [-0.05, 0) is 42.3 Å². The van der Waals surface area contributed by atoms with Gasteiger partial charge in [-0.15, -0.1) is 0 Å². The van der Waals surface area contributed by atoms with E-state index in [1.165, 1.54) is 6.08 Å². The minimum absolute atomic E-state index is 0.165. The molecule has 0 saturated heterocycles. The SMILES string of the molecule is CCOc1ccc(/C=C/C(=O)NCc2cccnc2)cc1OC. The Morgan fingerprint density at radius 3 is 2.87 bits per heavy atom. The lowest BCUT2D eigenvalue weighted by molar-refractivity contribution is -0.116. The van der Waals surface area contributed by atoms with Gasteiger partial charge in [-0.1, -0.05) is 12.1 Å². The third-order valence-corrected chi connectivity index (χ3v) is 3.10. The van der Waals surface area contributed by atoms with Crippen molar-refractivity contribution in [2.75, 3.05) is 13.7 Å². The quantitative estimate of drug-likeness (QED) is 0.799. The number of rotatable bonds is 7. The molecule has 0 unspecified atom stereocenters. The average molecular weight is 312 g/mol. The first kappa shape index (κ1) is 16.5. The molecule has 0 radical (unpaired) electrons. The van der Waals surface area contributed by atoms with Crippen molar-refractivity contribution >= 4 is 12.0 Å². The topological polar surface area (TPSA) is 60.5 Å². The van der Waals surface area contributed by atoms with Crippen molar-refractivity contribution in [2.24, 2.45) is 0 Å². The van der Waals surface area contributed by atoms with Crippen LogP contribution in [0.1, 0.15) is 18.1 Å². The second-order valence-corrected chi connectivity index (χ2v) is 4.76. The van der Waals surface area contributed by atoms with Crippen LogP contribution in [0.15, 0.2) is 48.8 Å². The Morgan fingerprint density at radius 1 is 1.30 bits per heavy atom. The van der Waals surface area contributed by atoms with Gasteiger partial charge >= 0.3 is 0 Å². The summed E-state index contributed by atoms with van der Waals surface area (Å²) >= 11 is 0. The van der Waals surface area contributed by atoms with Crippen LogP contribution in [-0.4, -0.2) is 24.6 Å². The van der Waals surface area contributed by atoms with Crippen LogP contribution in [0.4, 0.5) is 0 Å². The van der Waals surface area contributed by atoms with E-state index < -0.39 is 0 Å². The number of nitrogens with one attached hydrogen (secondary N) is 1. The molecule has 0 spiro atoms. The fourth-order valence-electron chi connectivity index (χ4n) is 1.99. The standard InChI is InChI=1S/C18H20N2O3/c1-3-23-16-8-6-14(11-17(16)22-2)7-9-18(21)20-13-15-5-4-10-19-12-15/h4-12H,3,13H2,1-2H3,(H,20,21)/b9-7+. The molecular weight excluding hydrogens is 292 g/mol. The summed E-state index contributed by atoms with van der Waals surface area (Å²) in [5.41, 5.74) is 1.82. The normalized spacial score (nSPS) is 10.5. The summed E-state index contributed by atoms with van der Waals surface area (Å²) < 4.78 is 10.7. The zero-order valence-electron chi connectivity index (χ0n) is 13.3. The molecule has 1 amide bonds. The van der Waals surface area contributed by atoms with Gasteiger partial charge < -0.3 is 14.8 Å². The van der Waals surface area contributed by atoms with E-state index in [2.05, 4.69) is 10.3 Å². The largest absolute Gasteiger partial charge is 0.493 e. The molecule has 0 aliphatic carbocycles. The maximum Gasteiger partial charge on any atom is 0.244 e. The molecule has 1 heterocycles. The fourth-order valence-corrected chi connectivity index (χ4v) is 1.99. The molecule has 5 heteroatoms. The number of benzene rings is 1. The predicted molar refractivity (Wildman–Crippen MR) is 89.3 cm³/mol. The van der Waals surface area contributed by atoms with Gasteiger partial charge in [0.25, 0.3) is 0 Å². The van der Waals surface area contributed by atoms with Gasteiger partial charge in [0.05, 0.1) is 13.7 Å². The van der Waals surface area contributed by atoms with E-state index in [1.54, 1.807) is 25.6 Å². The van der Waals surface area contributed by atoms with Crippen molar-refractivity contribution < 1.29 is 14.3 Å². The third-order valence-electron chi connectivity index (χ3n) is 3.10. The van der Waals surface area contributed by atoms with E-state index in [9.17, 15) is 4.79 Å². The highest BCUT2D eigenvalue weighted by molar-refractivity contribution is 5.91. The summed E-state index contributed by atoms with van der Waals surface area (Å²) in [6.07, 6.45) is 6.65. The number of methoxy groups -OCH3 is 1. The van der Waals surface area contributed by atoms with Gasteiger partial charge in [0, 0.05) is 25.0 Å². The van der Waals surface area contributed by atoms with Crippen LogP contribution in [-0.2, 0) is 11.3 Å². The molecular formula is C18H20N2O3. The molecule has 120 valence electrons. The Balaban J connectivity index is 1.95. The molecule has 1 aromatic carbocycles. The van der Waals surface area contributed by atoms with E-state index in [-0.39, 0.29) is 5.91 Å². The van der Waals surface area contributed by atoms with Crippen LogP contribution in [0, 0.1) is 0 Å². The van der Waals surface area contributed by atoms with E-state index >= 15 is 0 Å². The number of carbonyl (C=O) groups excluding carboxylic acids is 1. The number of hydrogen-bond donors (Lipinski definition) is 1. The van der Waals surface area contributed by atoms with Gasteiger partial charge in [0.15, 0.2) is 11.5 Å². The Bertz CT molecular complexity index is 669. The average Bonchev–Trinajstić information content (AvgIpc) is 2.60. The van der Waals surface area contributed by atoms with Crippen LogP contribution < -0.4 is 14.8 Å². The number of pyridine rings is 1. The predicted octanol–water partition coefficient (Wildman–Crippen LogP) is 2.82. The molecule has 0 aliphatic heterocycles. The van der Waals surface area contributed by atoms with Crippen LogP contribution >= 0.6 is 0 Å². The van der Waals surface area contributed by atoms with Crippen LogP contribution in [0.5, 0.6) is 11.5 Å². The monoisotopic (exact) mass is 312 g/mol. The maximum absolute atomic E-state index is 11.8. The van der Waals surface area contributed by atoms with Gasteiger partial charge in [0.2, 0.25) is 5.91 Å². The van der Waals surface area contributed by atoms with Gasteiger partial charge in [0.1, 0.15) is 0 Å². The number of aromatic nitrogens is 1. The van der Waals surface area contributed by atoms with Gasteiger partial charge in [-0.3, -0.25) is 9.78 Å². The second kappa shape index (κ2) is 8.58. The molecule has 1 N–H and O–H groups in total. The van der Waals surface area contributed by atoms with Crippen molar-refractivity contribution in [2.45, 2.75) is 13.5 Å². The number of ether oxygens (including phenoxy) is 2. The first-order valence-electron chi connectivity index (χ1n) is 7.38. The maximum atomic E-state index is 11.8. The summed E-state index contributed by atoms with van der Waals surface area (Å²) in [4.78, 5) is 15.8. The van der Waals surface area contributed by atoms with Crippen LogP contribution in [0.25, 0.3) is 6.08 Å². The third kappa shape index (κ3) is 5.14. The lowest BCUT2D eigenvalue weighted by Gasteiger charge is -2.09. The molecule has 0 bridgehead atoms. The minimum Gasteiger partial charge on any atom is -0.493 e. The first-order chi connectivity index (χ1) is 11.2. The zero-order valence-corrected chi connectivity index (χ0v) is 13.3. The summed E-state index contributed by atoms with van der Waals surface area (Å²) in [5.74, 6) is 1.17. The minimum atomic E-state index is -0.165. The summed E-state index contributed by atoms with van der Waals surface area (Å²) in [6.45, 7) is 2.94. The van der Waals surface area contributed by atoms with E-state index in [1.807, 2.05) is 37.3 Å². The molecule has 5 nitrogen and oxygen atoms in total. The van der Waals surface area contributed by atoms with Crippen molar-refractivity contribution in [1.82, 2.24) is 10.3 Å². The van der Waals surface area contributed by atoms with E-state index in [4.69, 9.17) is 9.47 Å². The smallest absolute Gasteiger partial charge is 0.244 e. The fraction of sp³-hybridized carbons (Fsp3) is 0.222. The molecule has 1 aromatic heterocycles. The van der Waals surface area contributed by atoms with Gasteiger partial charge in [-0.25, -0.2) is 0 Å². The van der Waals surface area contributed by atoms with Crippen molar-refractivity contribution in [3.8, 4) is 11.5 Å². The first-order valence-corrected chi connectivity index (χ1v) is 7.38. The van der Waals surface area contributed by atoms with Crippen LogP contribution in [0.3, 0.4) is 0 Å². The van der Waals surface area contributed by atoms with Crippen molar-refractivity contribution in [3.05, 3.63) is 59.9 Å². The molecule has 23 heavy (non-hydrogen) atoms. The van der Waals surface area contributed by atoms with Crippen molar-refractivity contribution in [1.29, 1.82) is 0 Å². The lowest BCUT2D eigenvalue weighted by Crippen LogP contribution is -2.20. The molecule has 2 rings (SSSR count). The summed E-state index contributed by atoms with van der Waals surface area (Å²) in [5, 5.41) is 2.81. The molecule has 0 fully saturated rings. The molecule has 2 aromatic rings. The number of amides is 1. The van der Waals surface area contributed by atoms with E-state index in [0.29, 0.717) is 24.7 Å². The van der Waals surface area contributed by atoms with Crippen molar-refractivity contribution in [3.63, 3.8) is 0 Å². The summed E-state index contributed by atoms with van der Waals surface area (Å²) in [7, 11) is 1.59. The Hall–Kier alpha value is -2.82. The highest BCUT2D eigenvalue weighted by Crippen LogP contribution is 2.28. The van der Waals surface area contributed by atoms with Crippen LogP contribution in [0.2, 0.25) is 0 Å². The molecule has 0 atom stereocenters. The highest BCUT2D eigenvalue weighted by atomic mass is 16.5. The Kier molecular flexibility index (Phi) is 6.17. The number of nitrogens with zero attached hydrogens (tertiary/aromatic N) is 1. The second-order valence-electron chi connectivity index (χ2n) is 4.76. The molecule has 0 saturated carbocycles. The Morgan fingerprint density at radius 2 is 2.17 bits per heavy atom. The number of hydrogen-bond acceptors (Lipinski definition) is 4. The summed E-state index contributed by atoms with van der Waals surface area (Å²) in [6, 6.07) is 9.28. The van der Waals surface area contributed by atoms with E-state index in [0.717, 1.165) is 11.1 Å². The Labute approximate surface area is 136 Å². The zero-order chi connectivity index (χ0) is 16.5. The molecule has 0 aliphatic rings. The number of carbonyl (C=O) groups is 1.